The van der Waals surface area contributed by atoms with Crippen LogP contribution < -0.4 is 5.73 Å². The summed E-state index contributed by atoms with van der Waals surface area (Å²) in [4.78, 5) is 18.6. The first-order valence-corrected chi connectivity index (χ1v) is 7.49. The number of amides is 1. The molecule has 0 spiro atoms. The topological polar surface area (TPSA) is 52.8 Å². The summed E-state index contributed by atoms with van der Waals surface area (Å²) >= 11 is 0. The molecule has 0 saturated carbocycles. The number of nitrogens with zero attached hydrogens (tertiary/aromatic N) is 3. The fourth-order valence-electron chi connectivity index (χ4n) is 2.64. The number of nitrogens with two attached hydrogens (primary N) is 1. The quantitative estimate of drug-likeness (QED) is 0.718. The van der Waals surface area contributed by atoms with E-state index in [9.17, 15) is 4.79 Å². The molecule has 5 heteroatoms. The zero-order valence-corrected chi connectivity index (χ0v) is 12.8. The Morgan fingerprint density at radius 3 is 2.74 bits per heavy atom. The molecule has 5 nitrogen and oxygen atoms in total. The lowest BCUT2D eigenvalue weighted by Crippen LogP contribution is -2.52. The van der Waals surface area contributed by atoms with Crippen LogP contribution in [0.3, 0.4) is 0 Å². The minimum absolute atomic E-state index is 0.235. The Kier molecular flexibility index (Phi) is 7.34. The van der Waals surface area contributed by atoms with Crippen molar-refractivity contribution in [3.8, 4) is 0 Å². The van der Waals surface area contributed by atoms with Crippen molar-refractivity contribution in [3.63, 3.8) is 0 Å². The highest BCUT2D eigenvalue weighted by Crippen LogP contribution is 2.09. The van der Waals surface area contributed by atoms with Gasteiger partial charge in [-0.1, -0.05) is 6.92 Å². The lowest BCUT2D eigenvalue weighted by atomic mass is 10.2. The molecule has 0 bridgehead atoms. The second-order valence-electron chi connectivity index (χ2n) is 5.49. The van der Waals surface area contributed by atoms with Gasteiger partial charge in [0.2, 0.25) is 5.91 Å². The molecule has 19 heavy (non-hydrogen) atoms. The molecule has 2 N–H and O–H groups in total. The van der Waals surface area contributed by atoms with Crippen LogP contribution in [0, 0.1) is 0 Å². The average Bonchev–Trinajstić information content (AvgIpc) is 2.42. The van der Waals surface area contributed by atoms with Gasteiger partial charge >= 0.3 is 0 Å². The van der Waals surface area contributed by atoms with Crippen LogP contribution in [0.15, 0.2) is 0 Å². The Morgan fingerprint density at radius 1 is 1.42 bits per heavy atom. The molecular weight excluding hydrogens is 240 g/mol. The van der Waals surface area contributed by atoms with Crippen LogP contribution in [-0.2, 0) is 4.79 Å². The molecular formula is C14H30N4O. The minimum atomic E-state index is 0.235. The zero-order valence-electron chi connectivity index (χ0n) is 12.8. The summed E-state index contributed by atoms with van der Waals surface area (Å²) in [6.45, 7) is 11.2. The van der Waals surface area contributed by atoms with E-state index in [0.29, 0.717) is 19.0 Å². The molecule has 0 aromatic rings. The van der Waals surface area contributed by atoms with E-state index in [4.69, 9.17) is 5.73 Å². The number of hydrogen-bond acceptors (Lipinski definition) is 4. The Labute approximate surface area is 117 Å². The number of likely N-dealkylation sites (N-methyl/N-ethyl adjacent to an activating group) is 1. The average molecular weight is 270 g/mol. The highest BCUT2D eigenvalue weighted by molar-refractivity contribution is 5.76. The molecule has 1 heterocycles. The van der Waals surface area contributed by atoms with E-state index < -0.39 is 0 Å². The smallest absolute Gasteiger partial charge is 0.223 e. The second kappa shape index (κ2) is 8.51. The van der Waals surface area contributed by atoms with Crippen molar-refractivity contribution in [2.75, 3.05) is 52.9 Å². The second-order valence-corrected chi connectivity index (χ2v) is 5.49. The highest BCUT2D eigenvalue weighted by atomic mass is 16.2. The number of carbonyl (C=O) groups is 1. The first kappa shape index (κ1) is 16.4. The maximum atomic E-state index is 11.9. The predicted molar refractivity (Wildman–Crippen MR) is 79.1 cm³/mol. The number of hydrogen-bond donors (Lipinski definition) is 1. The lowest BCUT2D eigenvalue weighted by molar-refractivity contribution is -0.130. The summed E-state index contributed by atoms with van der Waals surface area (Å²) in [5.41, 5.74) is 5.46. The number of piperazine rings is 1. The van der Waals surface area contributed by atoms with Crippen LogP contribution in [-0.4, -0.2) is 79.5 Å². The monoisotopic (exact) mass is 270 g/mol. The van der Waals surface area contributed by atoms with Crippen LogP contribution in [0.4, 0.5) is 0 Å². The first-order chi connectivity index (χ1) is 9.08. The molecule has 0 aromatic heterocycles. The van der Waals surface area contributed by atoms with Crippen LogP contribution >= 0.6 is 0 Å². The van der Waals surface area contributed by atoms with E-state index in [1.807, 2.05) is 7.05 Å². The minimum Gasteiger partial charge on any atom is -0.346 e. The van der Waals surface area contributed by atoms with Gasteiger partial charge in [-0.05, 0) is 26.4 Å². The largest absolute Gasteiger partial charge is 0.346 e. The molecule has 1 unspecified atom stereocenters. The lowest BCUT2D eigenvalue weighted by Gasteiger charge is -2.39. The number of rotatable bonds is 7. The van der Waals surface area contributed by atoms with Gasteiger partial charge in [-0.2, -0.15) is 0 Å². The molecule has 1 aliphatic heterocycles. The van der Waals surface area contributed by atoms with Crippen LogP contribution in [0.2, 0.25) is 0 Å². The maximum Gasteiger partial charge on any atom is 0.223 e. The van der Waals surface area contributed by atoms with E-state index in [1.165, 1.54) is 0 Å². The maximum absolute atomic E-state index is 11.9. The van der Waals surface area contributed by atoms with Crippen molar-refractivity contribution in [3.05, 3.63) is 0 Å². The number of carbonyl (C=O) groups excluding carboxylic acids is 1. The summed E-state index contributed by atoms with van der Waals surface area (Å²) in [5.74, 6) is 0.235. The van der Waals surface area contributed by atoms with E-state index in [2.05, 4.69) is 23.6 Å². The van der Waals surface area contributed by atoms with Gasteiger partial charge in [0, 0.05) is 52.2 Å². The third-order valence-corrected chi connectivity index (χ3v) is 4.02. The van der Waals surface area contributed by atoms with Gasteiger partial charge in [-0.25, -0.2) is 0 Å². The van der Waals surface area contributed by atoms with E-state index in [-0.39, 0.29) is 5.91 Å². The third-order valence-electron chi connectivity index (χ3n) is 4.02. The zero-order chi connectivity index (χ0) is 14.3. The summed E-state index contributed by atoms with van der Waals surface area (Å²) < 4.78 is 0. The Hall–Kier alpha value is -0.650. The Morgan fingerprint density at radius 2 is 2.16 bits per heavy atom. The standard InChI is InChI=1S/C14H30N4O/c1-4-18-11-10-17(12-13(18)2)9-6-14(19)16(3)8-5-7-15/h13H,4-12,15H2,1-3H3. The molecule has 1 fully saturated rings. The molecule has 1 aliphatic rings. The van der Waals surface area contributed by atoms with Gasteiger partial charge in [-0.3, -0.25) is 9.69 Å². The SMILES string of the molecule is CCN1CCN(CCC(=O)N(C)CCCN)CC1C. The molecule has 0 aromatic carbocycles. The molecule has 1 rings (SSSR count). The third kappa shape index (κ3) is 5.47. The van der Waals surface area contributed by atoms with Gasteiger partial charge in [0.15, 0.2) is 0 Å². The van der Waals surface area contributed by atoms with Crippen molar-refractivity contribution < 1.29 is 4.79 Å². The van der Waals surface area contributed by atoms with Crippen LogP contribution in [0.5, 0.6) is 0 Å². The van der Waals surface area contributed by atoms with E-state index in [1.54, 1.807) is 4.90 Å². The normalized spacial score (nSPS) is 21.6. The predicted octanol–water partition coefficient (Wildman–Crippen LogP) is 0.210. The van der Waals surface area contributed by atoms with Gasteiger partial charge in [-0.15, -0.1) is 0 Å². The van der Waals surface area contributed by atoms with Crippen molar-refractivity contribution in [2.24, 2.45) is 5.73 Å². The summed E-state index contributed by atoms with van der Waals surface area (Å²) in [6.07, 6.45) is 1.51. The van der Waals surface area contributed by atoms with Crippen LogP contribution in [0.25, 0.3) is 0 Å². The Balaban J connectivity index is 2.24. The van der Waals surface area contributed by atoms with Crippen molar-refractivity contribution in [1.29, 1.82) is 0 Å². The van der Waals surface area contributed by atoms with Crippen molar-refractivity contribution in [1.82, 2.24) is 14.7 Å². The summed E-state index contributed by atoms with van der Waals surface area (Å²) in [5, 5.41) is 0. The van der Waals surface area contributed by atoms with Gasteiger partial charge in [0.05, 0.1) is 0 Å². The summed E-state index contributed by atoms with van der Waals surface area (Å²) in [7, 11) is 1.87. The van der Waals surface area contributed by atoms with Crippen molar-refractivity contribution >= 4 is 5.91 Å². The Bertz CT molecular complexity index is 272. The van der Waals surface area contributed by atoms with Gasteiger partial charge < -0.3 is 15.5 Å². The molecule has 1 atom stereocenters. The first-order valence-electron chi connectivity index (χ1n) is 7.49. The van der Waals surface area contributed by atoms with Crippen LogP contribution in [0.1, 0.15) is 26.7 Å². The molecule has 1 saturated heterocycles. The fourth-order valence-corrected chi connectivity index (χ4v) is 2.64. The molecule has 1 amide bonds. The van der Waals surface area contributed by atoms with Gasteiger partial charge in [0.25, 0.3) is 0 Å². The van der Waals surface area contributed by atoms with Crippen molar-refractivity contribution in [2.45, 2.75) is 32.7 Å². The summed E-state index contributed by atoms with van der Waals surface area (Å²) in [6, 6.07) is 0.601. The molecule has 0 radical (unpaired) electrons. The van der Waals surface area contributed by atoms with E-state index >= 15 is 0 Å². The van der Waals surface area contributed by atoms with E-state index in [0.717, 1.165) is 45.7 Å². The fraction of sp³-hybridized carbons (Fsp3) is 0.929. The molecule has 112 valence electrons. The van der Waals surface area contributed by atoms with Gasteiger partial charge in [0.1, 0.15) is 0 Å². The highest BCUT2D eigenvalue weighted by Gasteiger charge is 2.22. The molecule has 0 aliphatic carbocycles.